The molecule has 174 valence electrons. The fourth-order valence-electron chi connectivity index (χ4n) is 4.00. The minimum atomic E-state index is -0.472. The highest BCUT2D eigenvalue weighted by molar-refractivity contribution is 14.1. The van der Waals surface area contributed by atoms with Gasteiger partial charge in [0, 0.05) is 7.14 Å². The largest absolute Gasteiger partial charge is 0.403 e. The number of fused-ring (bicyclic) bond motifs is 2. The van der Waals surface area contributed by atoms with E-state index in [0.29, 0.717) is 21.8 Å². The Morgan fingerprint density at radius 3 is 1.39 bits per heavy atom. The Labute approximate surface area is 231 Å². The molecule has 0 aliphatic heterocycles. The first kappa shape index (κ1) is 23.0. The monoisotopic (exact) mass is 696 g/mol. The molecule has 0 fully saturated rings. The standard InChI is InChI=1S/C28H14I2N2O4/c29-21-7-3-1-5-17(21)25-31-23-11-9-15(13-19(23)27(33)35-25)16-10-12-24-20(14-16)28(34)36-26(32-24)18-6-2-4-8-22(18)30/h1-14H. The first-order valence-electron chi connectivity index (χ1n) is 10.9. The maximum atomic E-state index is 12.8. The van der Waals surface area contributed by atoms with Crippen LogP contribution in [0.25, 0.3) is 55.8 Å². The van der Waals surface area contributed by atoms with Gasteiger partial charge in [-0.05, 0) is 105 Å². The van der Waals surface area contributed by atoms with Crippen LogP contribution in [0, 0.1) is 7.14 Å². The number of halogens is 2. The molecule has 0 radical (unpaired) electrons. The Kier molecular flexibility index (Phi) is 5.92. The molecule has 36 heavy (non-hydrogen) atoms. The summed E-state index contributed by atoms with van der Waals surface area (Å²) in [7, 11) is 0. The van der Waals surface area contributed by atoms with Crippen LogP contribution in [0.3, 0.4) is 0 Å². The summed E-state index contributed by atoms with van der Waals surface area (Å²) in [5.41, 5.74) is 3.16. The molecule has 0 aliphatic carbocycles. The predicted molar refractivity (Wildman–Crippen MR) is 156 cm³/mol. The molecule has 0 bridgehead atoms. The van der Waals surface area contributed by atoms with E-state index in [1.807, 2.05) is 60.7 Å². The summed E-state index contributed by atoms with van der Waals surface area (Å²) in [6, 6.07) is 25.9. The molecule has 0 saturated heterocycles. The Morgan fingerprint density at radius 1 is 0.556 bits per heavy atom. The number of aromatic nitrogens is 2. The van der Waals surface area contributed by atoms with Gasteiger partial charge < -0.3 is 8.83 Å². The minimum Gasteiger partial charge on any atom is -0.403 e. The number of nitrogens with zero attached hydrogens (tertiary/aromatic N) is 2. The van der Waals surface area contributed by atoms with Gasteiger partial charge in [-0.3, -0.25) is 0 Å². The van der Waals surface area contributed by atoms with Crippen molar-refractivity contribution in [2.45, 2.75) is 0 Å². The third kappa shape index (κ3) is 4.13. The molecule has 8 heteroatoms. The van der Waals surface area contributed by atoms with Gasteiger partial charge in [0.1, 0.15) is 0 Å². The molecular weight excluding hydrogens is 682 g/mol. The average Bonchev–Trinajstić information content (AvgIpc) is 2.89. The van der Waals surface area contributed by atoms with E-state index in [1.165, 1.54) is 0 Å². The van der Waals surface area contributed by atoms with Crippen LogP contribution in [0.4, 0.5) is 0 Å². The maximum Gasteiger partial charge on any atom is 0.347 e. The Hall–Kier alpha value is -3.38. The molecule has 0 amide bonds. The van der Waals surface area contributed by atoms with Crippen molar-refractivity contribution in [2.24, 2.45) is 0 Å². The van der Waals surface area contributed by atoms with Gasteiger partial charge in [0.2, 0.25) is 11.8 Å². The highest BCUT2D eigenvalue weighted by Crippen LogP contribution is 2.29. The van der Waals surface area contributed by atoms with Gasteiger partial charge in [-0.15, -0.1) is 0 Å². The third-order valence-electron chi connectivity index (χ3n) is 5.80. The average molecular weight is 696 g/mol. The van der Waals surface area contributed by atoms with Crippen molar-refractivity contribution in [2.75, 3.05) is 0 Å². The van der Waals surface area contributed by atoms with E-state index in [2.05, 4.69) is 55.1 Å². The highest BCUT2D eigenvalue weighted by atomic mass is 127. The first-order chi connectivity index (χ1) is 17.5. The van der Waals surface area contributed by atoms with Crippen LogP contribution in [-0.2, 0) is 0 Å². The molecule has 6 rings (SSSR count). The lowest BCUT2D eigenvalue weighted by molar-refractivity contribution is 0.517. The summed E-state index contributed by atoms with van der Waals surface area (Å²) in [6.45, 7) is 0. The Bertz CT molecular complexity index is 1790. The number of benzene rings is 4. The van der Waals surface area contributed by atoms with Gasteiger partial charge in [0.25, 0.3) is 0 Å². The number of rotatable bonds is 3. The zero-order chi connectivity index (χ0) is 24.8. The van der Waals surface area contributed by atoms with Crippen molar-refractivity contribution in [3.05, 3.63) is 113 Å². The lowest BCUT2D eigenvalue weighted by Crippen LogP contribution is -2.04. The van der Waals surface area contributed by atoms with E-state index in [9.17, 15) is 9.59 Å². The van der Waals surface area contributed by atoms with Crippen LogP contribution < -0.4 is 11.3 Å². The third-order valence-corrected chi connectivity index (χ3v) is 7.68. The van der Waals surface area contributed by atoms with E-state index in [-0.39, 0.29) is 11.8 Å². The van der Waals surface area contributed by atoms with Gasteiger partial charge in [0.05, 0.1) is 32.9 Å². The van der Waals surface area contributed by atoms with Gasteiger partial charge in [-0.1, -0.05) is 36.4 Å². The van der Waals surface area contributed by atoms with Crippen molar-refractivity contribution in [3.8, 4) is 34.0 Å². The molecule has 2 heterocycles. The van der Waals surface area contributed by atoms with Crippen molar-refractivity contribution < 1.29 is 8.83 Å². The molecule has 0 aliphatic rings. The van der Waals surface area contributed by atoms with E-state index in [0.717, 1.165) is 29.4 Å². The van der Waals surface area contributed by atoms with E-state index in [1.54, 1.807) is 24.3 Å². The topological polar surface area (TPSA) is 86.2 Å². The van der Waals surface area contributed by atoms with Crippen LogP contribution >= 0.6 is 45.2 Å². The molecule has 4 aromatic carbocycles. The minimum absolute atomic E-state index is 0.281. The fraction of sp³-hybridized carbons (Fsp3) is 0. The molecule has 6 aromatic rings. The summed E-state index contributed by atoms with van der Waals surface area (Å²) in [5, 5.41) is 0.725. The summed E-state index contributed by atoms with van der Waals surface area (Å²) in [5.74, 6) is 0.562. The lowest BCUT2D eigenvalue weighted by Gasteiger charge is -2.07. The molecule has 0 unspecified atom stereocenters. The second-order valence-corrected chi connectivity index (χ2v) is 10.4. The van der Waals surface area contributed by atoms with Gasteiger partial charge in [-0.2, -0.15) is 0 Å². The summed E-state index contributed by atoms with van der Waals surface area (Å²) in [4.78, 5) is 34.8. The zero-order valence-corrected chi connectivity index (χ0v) is 22.7. The van der Waals surface area contributed by atoms with Gasteiger partial charge in [0.15, 0.2) is 0 Å². The molecule has 0 N–H and O–H groups in total. The van der Waals surface area contributed by atoms with Crippen LogP contribution in [-0.4, -0.2) is 9.97 Å². The van der Waals surface area contributed by atoms with E-state index in [4.69, 9.17) is 8.83 Å². The molecular formula is C28H14I2N2O4. The Morgan fingerprint density at radius 2 is 0.972 bits per heavy atom. The molecule has 0 spiro atoms. The zero-order valence-electron chi connectivity index (χ0n) is 18.4. The Balaban J connectivity index is 1.43. The van der Waals surface area contributed by atoms with Crippen molar-refractivity contribution in [1.29, 1.82) is 0 Å². The van der Waals surface area contributed by atoms with Crippen LogP contribution in [0.5, 0.6) is 0 Å². The lowest BCUT2D eigenvalue weighted by atomic mass is 10.0. The predicted octanol–water partition coefficient (Wildman–Crippen LogP) is 6.90. The normalized spacial score (nSPS) is 11.3. The maximum absolute atomic E-state index is 12.8. The number of hydrogen-bond acceptors (Lipinski definition) is 6. The van der Waals surface area contributed by atoms with Crippen molar-refractivity contribution in [3.63, 3.8) is 0 Å². The van der Waals surface area contributed by atoms with Crippen LogP contribution in [0.15, 0.2) is 103 Å². The van der Waals surface area contributed by atoms with Gasteiger partial charge >= 0.3 is 11.3 Å². The van der Waals surface area contributed by atoms with Crippen molar-refractivity contribution >= 4 is 67.0 Å². The number of hydrogen-bond donors (Lipinski definition) is 0. The fourth-order valence-corrected chi connectivity index (χ4v) is 5.24. The molecule has 2 aromatic heterocycles. The highest BCUT2D eigenvalue weighted by Gasteiger charge is 2.14. The van der Waals surface area contributed by atoms with Crippen LogP contribution in [0.1, 0.15) is 0 Å². The smallest absolute Gasteiger partial charge is 0.347 e. The molecule has 0 saturated carbocycles. The second kappa shape index (κ2) is 9.25. The quantitative estimate of drug-likeness (QED) is 0.187. The van der Waals surface area contributed by atoms with Gasteiger partial charge in [-0.25, -0.2) is 19.6 Å². The molecule has 0 atom stereocenters. The van der Waals surface area contributed by atoms with Crippen molar-refractivity contribution in [1.82, 2.24) is 9.97 Å². The summed E-state index contributed by atoms with van der Waals surface area (Å²) < 4.78 is 13.0. The second-order valence-electron chi connectivity index (χ2n) is 8.04. The first-order valence-corrected chi connectivity index (χ1v) is 13.0. The van der Waals surface area contributed by atoms with Crippen LogP contribution in [0.2, 0.25) is 0 Å². The van der Waals surface area contributed by atoms with E-state index < -0.39 is 11.3 Å². The summed E-state index contributed by atoms with van der Waals surface area (Å²) >= 11 is 4.38. The van der Waals surface area contributed by atoms with E-state index >= 15 is 0 Å². The molecule has 6 nitrogen and oxygen atoms in total. The summed E-state index contributed by atoms with van der Waals surface area (Å²) in [6.07, 6.45) is 0. The SMILES string of the molecule is O=c1oc(-c2ccccc2I)nc2ccc(-c3ccc4nc(-c5ccccc5I)oc(=O)c4c3)cc12.